The van der Waals surface area contributed by atoms with E-state index in [4.69, 9.17) is 19.2 Å². The highest BCUT2D eigenvalue weighted by Crippen LogP contribution is 2.14. The van der Waals surface area contributed by atoms with E-state index in [1.165, 1.54) is 0 Å². The van der Waals surface area contributed by atoms with Crippen LogP contribution in [0.4, 0.5) is 0 Å². The third kappa shape index (κ3) is 10.3. The number of piperidine rings is 1. The molecule has 0 bridgehead atoms. The van der Waals surface area contributed by atoms with E-state index in [0.29, 0.717) is 6.10 Å². The van der Waals surface area contributed by atoms with E-state index in [9.17, 15) is 0 Å². The highest BCUT2D eigenvalue weighted by atomic mass is 127. The second-order valence-corrected chi connectivity index (χ2v) is 6.95. The van der Waals surface area contributed by atoms with Gasteiger partial charge in [-0.3, -0.25) is 9.89 Å². The normalized spacial score (nSPS) is 19.8. The maximum Gasteiger partial charge on any atom is 0.193 e. The first-order chi connectivity index (χ1) is 12.8. The van der Waals surface area contributed by atoms with Crippen LogP contribution in [0.2, 0.25) is 0 Å². The van der Waals surface area contributed by atoms with Crippen LogP contribution in [0.15, 0.2) is 4.99 Å². The quantitative estimate of drug-likeness (QED) is 0.215. The molecule has 7 nitrogen and oxygen atoms in total. The van der Waals surface area contributed by atoms with E-state index in [-0.39, 0.29) is 24.0 Å². The van der Waals surface area contributed by atoms with Crippen molar-refractivity contribution in [3.63, 3.8) is 0 Å². The van der Waals surface area contributed by atoms with E-state index in [1.807, 2.05) is 0 Å². The molecule has 0 aromatic rings. The zero-order valence-corrected chi connectivity index (χ0v) is 19.5. The second-order valence-electron chi connectivity index (χ2n) is 6.95. The van der Waals surface area contributed by atoms with Crippen LogP contribution in [0.3, 0.4) is 0 Å². The van der Waals surface area contributed by atoms with Gasteiger partial charge in [-0.15, -0.1) is 24.0 Å². The van der Waals surface area contributed by atoms with Crippen LogP contribution in [-0.2, 0) is 14.2 Å². The smallest absolute Gasteiger partial charge is 0.193 e. The molecule has 1 N–H and O–H groups in total. The lowest BCUT2D eigenvalue weighted by Crippen LogP contribution is -2.47. The highest BCUT2D eigenvalue weighted by molar-refractivity contribution is 14.0. The van der Waals surface area contributed by atoms with Crippen LogP contribution >= 0.6 is 24.0 Å². The summed E-state index contributed by atoms with van der Waals surface area (Å²) >= 11 is 0. The Morgan fingerprint density at radius 2 is 1.85 bits per heavy atom. The van der Waals surface area contributed by atoms with Crippen molar-refractivity contribution in [3.8, 4) is 0 Å². The molecule has 2 fully saturated rings. The molecule has 8 heteroatoms. The summed E-state index contributed by atoms with van der Waals surface area (Å²) in [5, 5.41) is 3.45. The number of halogens is 1. The molecular formula is C19H39IN4O3. The number of morpholine rings is 1. The van der Waals surface area contributed by atoms with E-state index in [1.54, 1.807) is 7.11 Å². The SMILES string of the molecule is CCNC(=NCCCN1CCOCC1)N1CCC(OCCCOC)CC1.I. The highest BCUT2D eigenvalue weighted by Gasteiger charge is 2.21. The van der Waals surface area contributed by atoms with Gasteiger partial charge in [-0.05, 0) is 32.6 Å². The van der Waals surface area contributed by atoms with E-state index in [0.717, 1.165) is 104 Å². The number of ether oxygens (including phenoxy) is 3. The molecule has 160 valence electrons. The zero-order valence-electron chi connectivity index (χ0n) is 17.2. The van der Waals surface area contributed by atoms with Crippen LogP contribution in [0.5, 0.6) is 0 Å². The predicted molar refractivity (Wildman–Crippen MR) is 120 cm³/mol. The monoisotopic (exact) mass is 498 g/mol. The van der Waals surface area contributed by atoms with Gasteiger partial charge >= 0.3 is 0 Å². The van der Waals surface area contributed by atoms with Crippen molar-refractivity contribution in [3.05, 3.63) is 0 Å². The summed E-state index contributed by atoms with van der Waals surface area (Å²) in [6.07, 6.45) is 4.61. The topological polar surface area (TPSA) is 58.6 Å². The standard InChI is InChI=1S/C19H38N4O3.HI/c1-3-20-19(21-8-4-9-22-12-16-25-17-13-22)23-10-6-18(7-11-23)26-15-5-14-24-2;/h18H,3-17H2,1-2H3,(H,20,21);1H. The summed E-state index contributed by atoms with van der Waals surface area (Å²) in [5.74, 6) is 1.06. The Balaban J connectivity index is 0.00000364. The second kappa shape index (κ2) is 15.7. The van der Waals surface area contributed by atoms with Gasteiger partial charge in [0.2, 0.25) is 0 Å². The van der Waals surface area contributed by atoms with Gasteiger partial charge in [0.25, 0.3) is 0 Å². The molecule has 2 heterocycles. The third-order valence-electron chi connectivity index (χ3n) is 4.92. The van der Waals surface area contributed by atoms with Crippen molar-refractivity contribution < 1.29 is 14.2 Å². The Labute approximate surface area is 182 Å². The Hall–Kier alpha value is -0.160. The average Bonchev–Trinajstić information content (AvgIpc) is 2.69. The van der Waals surface area contributed by atoms with Crippen LogP contribution in [0.25, 0.3) is 0 Å². The molecule has 0 amide bonds. The molecule has 0 unspecified atom stereocenters. The number of guanidine groups is 1. The molecule has 2 rings (SSSR count). The molecule has 0 aromatic carbocycles. The molecule has 2 aliphatic rings. The van der Waals surface area contributed by atoms with Crippen LogP contribution in [0, 0.1) is 0 Å². The van der Waals surface area contributed by atoms with Crippen molar-refractivity contribution in [2.45, 2.75) is 38.7 Å². The van der Waals surface area contributed by atoms with Crippen molar-refractivity contribution >= 4 is 29.9 Å². The van der Waals surface area contributed by atoms with Crippen molar-refractivity contribution in [2.75, 3.05) is 79.4 Å². The number of likely N-dealkylation sites (tertiary alicyclic amines) is 1. The van der Waals surface area contributed by atoms with Gasteiger partial charge in [0.15, 0.2) is 5.96 Å². The van der Waals surface area contributed by atoms with Crippen molar-refractivity contribution in [1.29, 1.82) is 0 Å². The largest absolute Gasteiger partial charge is 0.385 e. The Kier molecular flexibility index (Phi) is 14.5. The molecule has 0 aliphatic carbocycles. The fourth-order valence-electron chi connectivity index (χ4n) is 3.42. The lowest BCUT2D eigenvalue weighted by Gasteiger charge is -2.34. The summed E-state index contributed by atoms with van der Waals surface area (Å²) < 4.78 is 16.4. The van der Waals surface area contributed by atoms with E-state index >= 15 is 0 Å². The first kappa shape index (κ1) is 24.9. The first-order valence-electron chi connectivity index (χ1n) is 10.3. The van der Waals surface area contributed by atoms with Gasteiger partial charge in [0, 0.05) is 66.1 Å². The first-order valence-corrected chi connectivity index (χ1v) is 10.3. The Bertz CT molecular complexity index is 387. The molecular weight excluding hydrogens is 459 g/mol. The number of rotatable bonds is 10. The third-order valence-corrected chi connectivity index (χ3v) is 4.92. The van der Waals surface area contributed by atoms with Crippen molar-refractivity contribution in [2.24, 2.45) is 4.99 Å². The number of hydrogen-bond acceptors (Lipinski definition) is 5. The molecule has 0 radical (unpaired) electrons. The predicted octanol–water partition coefficient (Wildman–Crippen LogP) is 1.81. The minimum atomic E-state index is 0. The molecule has 0 aromatic heterocycles. The molecule has 27 heavy (non-hydrogen) atoms. The van der Waals surface area contributed by atoms with E-state index in [2.05, 4.69) is 22.0 Å². The van der Waals surface area contributed by atoms with Crippen LogP contribution in [0.1, 0.15) is 32.6 Å². The number of nitrogens with zero attached hydrogens (tertiary/aromatic N) is 3. The molecule has 2 aliphatic heterocycles. The number of methoxy groups -OCH3 is 1. The van der Waals surface area contributed by atoms with E-state index < -0.39 is 0 Å². The molecule has 0 atom stereocenters. The van der Waals surface area contributed by atoms with Gasteiger partial charge in [-0.25, -0.2) is 0 Å². The van der Waals surface area contributed by atoms with Crippen molar-refractivity contribution in [1.82, 2.24) is 15.1 Å². The van der Waals surface area contributed by atoms with Gasteiger partial charge in [0.1, 0.15) is 0 Å². The fraction of sp³-hybridized carbons (Fsp3) is 0.947. The maximum atomic E-state index is 5.96. The van der Waals surface area contributed by atoms with Gasteiger partial charge in [-0.2, -0.15) is 0 Å². The summed E-state index contributed by atoms with van der Waals surface area (Å²) in [6.45, 7) is 12.5. The summed E-state index contributed by atoms with van der Waals surface area (Å²) in [5.41, 5.74) is 0. The number of aliphatic imine (C=N–C) groups is 1. The Morgan fingerprint density at radius 3 is 2.52 bits per heavy atom. The molecule has 0 saturated carbocycles. The summed E-state index contributed by atoms with van der Waals surface area (Å²) in [4.78, 5) is 9.70. The molecule has 2 saturated heterocycles. The lowest BCUT2D eigenvalue weighted by atomic mass is 10.1. The lowest BCUT2D eigenvalue weighted by molar-refractivity contribution is 0.00989. The maximum absolute atomic E-state index is 5.96. The molecule has 0 spiro atoms. The van der Waals surface area contributed by atoms with Gasteiger partial charge in [0.05, 0.1) is 19.3 Å². The fourth-order valence-corrected chi connectivity index (χ4v) is 3.42. The average molecular weight is 498 g/mol. The zero-order chi connectivity index (χ0) is 18.5. The summed E-state index contributed by atoms with van der Waals surface area (Å²) in [7, 11) is 1.74. The number of hydrogen-bond donors (Lipinski definition) is 1. The van der Waals surface area contributed by atoms with Crippen LogP contribution in [-0.4, -0.2) is 101 Å². The number of nitrogens with one attached hydrogen (secondary N) is 1. The Morgan fingerprint density at radius 1 is 1.11 bits per heavy atom. The summed E-state index contributed by atoms with van der Waals surface area (Å²) in [6, 6.07) is 0. The van der Waals surface area contributed by atoms with Gasteiger partial charge in [-0.1, -0.05) is 0 Å². The minimum absolute atomic E-state index is 0. The van der Waals surface area contributed by atoms with Gasteiger partial charge < -0.3 is 24.4 Å². The van der Waals surface area contributed by atoms with Crippen LogP contribution < -0.4 is 5.32 Å². The minimum Gasteiger partial charge on any atom is -0.385 e.